The normalized spacial score (nSPS) is 22.2. The van der Waals surface area contributed by atoms with Gasteiger partial charge in [-0.1, -0.05) is 36.4 Å². The van der Waals surface area contributed by atoms with E-state index < -0.39 is 0 Å². The lowest BCUT2D eigenvalue weighted by atomic mass is 9.99. The lowest BCUT2D eigenvalue weighted by Gasteiger charge is -2.44. The van der Waals surface area contributed by atoms with Crippen molar-refractivity contribution in [2.24, 2.45) is 0 Å². The van der Waals surface area contributed by atoms with Crippen molar-refractivity contribution in [3.8, 4) is 5.75 Å². The van der Waals surface area contributed by atoms with Gasteiger partial charge in [0, 0.05) is 58.4 Å². The summed E-state index contributed by atoms with van der Waals surface area (Å²) in [5.41, 5.74) is 4.00. The summed E-state index contributed by atoms with van der Waals surface area (Å²) in [6.07, 6.45) is 3.34. The first kappa shape index (κ1) is 22.2. The van der Waals surface area contributed by atoms with Gasteiger partial charge < -0.3 is 14.5 Å². The number of para-hydroxylation sites is 2. The Morgan fingerprint density at radius 2 is 1.70 bits per heavy atom. The Kier molecular flexibility index (Phi) is 6.83. The van der Waals surface area contributed by atoms with Crippen molar-refractivity contribution in [2.45, 2.75) is 31.8 Å². The third-order valence-electron chi connectivity index (χ3n) is 7.57. The number of ether oxygens (including phenoxy) is 1. The van der Waals surface area contributed by atoms with Gasteiger partial charge in [-0.05, 0) is 42.5 Å². The summed E-state index contributed by atoms with van der Waals surface area (Å²) in [4.78, 5) is 22.6. The fourth-order valence-corrected chi connectivity index (χ4v) is 5.68. The van der Waals surface area contributed by atoms with Gasteiger partial charge in [-0.25, -0.2) is 0 Å². The van der Waals surface area contributed by atoms with Gasteiger partial charge in [-0.3, -0.25) is 14.6 Å². The zero-order chi connectivity index (χ0) is 22.6. The molecule has 2 aromatic carbocycles. The monoisotopic (exact) mass is 448 g/mol. The molecule has 2 aromatic rings. The minimum atomic E-state index is 0.298. The second-order valence-electron chi connectivity index (χ2n) is 9.56. The third kappa shape index (κ3) is 5.02. The molecule has 0 unspecified atom stereocenters. The summed E-state index contributed by atoms with van der Waals surface area (Å²) < 4.78 is 5.56. The van der Waals surface area contributed by atoms with Crippen LogP contribution < -0.4 is 9.64 Å². The van der Waals surface area contributed by atoms with E-state index in [1.807, 2.05) is 12.1 Å². The number of likely N-dealkylation sites (tertiary alicyclic amines) is 1. The second kappa shape index (κ2) is 10.1. The Morgan fingerprint density at radius 1 is 0.939 bits per heavy atom. The van der Waals surface area contributed by atoms with Crippen LogP contribution >= 0.6 is 0 Å². The molecule has 6 nitrogen and oxygen atoms in total. The molecule has 6 heteroatoms. The molecule has 1 amide bonds. The number of amides is 1. The number of methoxy groups -OCH3 is 1. The molecule has 3 heterocycles. The van der Waals surface area contributed by atoms with Crippen LogP contribution in [0.4, 0.5) is 5.69 Å². The SMILES string of the molecule is COc1ccccc1N1CCN([C@H]2CCCN(C(=O)CN3CCc4ccccc4C3)C2)CC1. The Morgan fingerprint density at radius 3 is 2.52 bits per heavy atom. The predicted molar refractivity (Wildman–Crippen MR) is 132 cm³/mol. The summed E-state index contributed by atoms with van der Waals surface area (Å²) in [6, 6.07) is 17.4. The highest BCUT2D eigenvalue weighted by atomic mass is 16.5. The lowest BCUT2D eigenvalue weighted by molar-refractivity contribution is -0.134. The van der Waals surface area contributed by atoms with Gasteiger partial charge in [-0.2, -0.15) is 0 Å². The molecule has 0 saturated carbocycles. The number of nitrogens with zero attached hydrogens (tertiary/aromatic N) is 4. The topological polar surface area (TPSA) is 39.3 Å². The summed E-state index contributed by atoms with van der Waals surface area (Å²) in [7, 11) is 1.74. The standard InChI is InChI=1S/C27H36N4O2/c1-33-26-11-5-4-10-25(26)30-17-15-29(16-18-30)24-9-6-13-31(20-24)27(32)21-28-14-12-22-7-2-3-8-23(22)19-28/h2-5,7-8,10-11,24H,6,9,12-21H2,1H3/t24-/m0/s1. The van der Waals surface area contributed by atoms with Gasteiger partial charge in [0.2, 0.25) is 5.91 Å². The molecular weight excluding hydrogens is 412 g/mol. The highest BCUT2D eigenvalue weighted by Gasteiger charge is 2.31. The molecule has 5 rings (SSSR count). The van der Waals surface area contributed by atoms with Crippen molar-refractivity contribution < 1.29 is 9.53 Å². The van der Waals surface area contributed by atoms with E-state index in [1.165, 1.54) is 23.2 Å². The number of carbonyl (C=O) groups is 1. The maximum absolute atomic E-state index is 13.2. The minimum absolute atomic E-state index is 0.298. The molecule has 0 aliphatic carbocycles. The zero-order valence-electron chi connectivity index (χ0n) is 19.8. The average molecular weight is 449 g/mol. The van der Waals surface area contributed by atoms with E-state index in [2.05, 4.69) is 56.0 Å². The van der Waals surface area contributed by atoms with Crippen LogP contribution in [0.1, 0.15) is 24.0 Å². The molecule has 0 radical (unpaired) electrons. The fraction of sp³-hybridized carbons (Fsp3) is 0.519. The first-order valence-electron chi connectivity index (χ1n) is 12.4. The molecule has 0 bridgehead atoms. The summed E-state index contributed by atoms with van der Waals surface area (Å²) >= 11 is 0. The second-order valence-corrected chi connectivity index (χ2v) is 9.56. The summed E-state index contributed by atoms with van der Waals surface area (Å²) in [5.74, 6) is 1.24. The Labute approximate surface area is 197 Å². The van der Waals surface area contributed by atoms with Crippen LogP contribution in [0.25, 0.3) is 0 Å². The van der Waals surface area contributed by atoms with E-state index in [1.54, 1.807) is 7.11 Å². The molecule has 33 heavy (non-hydrogen) atoms. The third-order valence-corrected chi connectivity index (χ3v) is 7.57. The number of anilines is 1. The van der Waals surface area contributed by atoms with Crippen molar-refractivity contribution in [3.63, 3.8) is 0 Å². The molecule has 0 spiro atoms. The van der Waals surface area contributed by atoms with Gasteiger partial charge >= 0.3 is 0 Å². The average Bonchev–Trinajstić information content (AvgIpc) is 2.89. The predicted octanol–water partition coefficient (Wildman–Crippen LogP) is 2.87. The number of fused-ring (bicyclic) bond motifs is 1. The van der Waals surface area contributed by atoms with E-state index >= 15 is 0 Å². The highest BCUT2D eigenvalue weighted by Crippen LogP contribution is 2.29. The fourth-order valence-electron chi connectivity index (χ4n) is 5.68. The maximum Gasteiger partial charge on any atom is 0.236 e. The smallest absolute Gasteiger partial charge is 0.236 e. The summed E-state index contributed by atoms with van der Waals surface area (Å²) in [5, 5.41) is 0. The van der Waals surface area contributed by atoms with Crippen molar-refractivity contribution in [1.29, 1.82) is 0 Å². The number of carbonyl (C=O) groups excluding carboxylic acids is 1. The molecule has 3 aliphatic rings. The molecular formula is C27H36N4O2. The van der Waals surface area contributed by atoms with E-state index in [9.17, 15) is 4.79 Å². The molecule has 0 aromatic heterocycles. The molecule has 2 fully saturated rings. The van der Waals surface area contributed by atoms with Crippen LogP contribution in [-0.4, -0.2) is 86.1 Å². The quantitative estimate of drug-likeness (QED) is 0.704. The summed E-state index contributed by atoms with van der Waals surface area (Å²) in [6.45, 7) is 8.26. The van der Waals surface area contributed by atoms with Crippen molar-refractivity contribution in [3.05, 3.63) is 59.7 Å². The number of piperazine rings is 1. The van der Waals surface area contributed by atoms with Crippen molar-refractivity contribution in [2.75, 3.05) is 64.4 Å². The first-order chi connectivity index (χ1) is 16.2. The number of hydrogen-bond donors (Lipinski definition) is 0. The molecule has 1 atom stereocenters. The van der Waals surface area contributed by atoms with Crippen LogP contribution in [0, 0.1) is 0 Å². The Balaban J connectivity index is 1.13. The minimum Gasteiger partial charge on any atom is -0.495 e. The van der Waals surface area contributed by atoms with Gasteiger partial charge in [0.1, 0.15) is 5.75 Å². The van der Waals surface area contributed by atoms with Crippen molar-refractivity contribution >= 4 is 11.6 Å². The van der Waals surface area contributed by atoms with E-state index in [0.29, 0.717) is 18.5 Å². The van der Waals surface area contributed by atoms with Gasteiger partial charge in [-0.15, -0.1) is 0 Å². The van der Waals surface area contributed by atoms with Crippen molar-refractivity contribution in [1.82, 2.24) is 14.7 Å². The van der Waals surface area contributed by atoms with Crippen LogP contribution in [0.3, 0.4) is 0 Å². The van der Waals surface area contributed by atoms with Crippen LogP contribution in [0.5, 0.6) is 5.75 Å². The van der Waals surface area contributed by atoms with Gasteiger partial charge in [0.15, 0.2) is 0 Å². The van der Waals surface area contributed by atoms with Gasteiger partial charge in [0.05, 0.1) is 19.3 Å². The van der Waals surface area contributed by atoms with E-state index in [-0.39, 0.29) is 0 Å². The highest BCUT2D eigenvalue weighted by molar-refractivity contribution is 5.78. The lowest BCUT2D eigenvalue weighted by Crippen LogP contribution is -2.56. The largest absolute Gasteiger partial charge is 0.495 e. The zero-order valence-corrected chi connectivity index (χ0v) is 19.8. The maximum atomic E-state index is 13.2. The molecule has 176 valence electrons. The van der Waals surface area contributed by atoms with E-state index in [0.717, 1.165) is 70.9 Å². The number of piperidine rings is 1. The molecule has 2 saturated heterocycles. The van der Waals surface area contributed by atoms with E-state index in [4.69, 9.17) is 4.74 Å². The Bertz CT molecular complexity index is 957. The molecule has 0 N–H and O–H groups in total. The first-order valence-corrected chi connectivity index (χ1v) is 12.4. The van der Waals surface area contributed by atoms with Crippen LogP contribution in [0.15, 0.2) is 48.5 Å². The van der Waals surface area contributed by atoms with Crippen LogP contribution in [0.2, 0.25) is 0 Å². The number of rotatable bonds is 5. The van der Waals surface area contributed by atoms with Crippen LogP contribution in [-0.2, 0) is 17.8 Å². The Hall–Kier alpha value is -2.57. The number of hydrogen-bond acceptors (Lipinski definition) is 5. The number of benzene rings is 2. The van der Waals surface area contributed by atoms with Gasteiger partial charge in [0.25, 0.3) is 0 Å². The molecule has 3 aliphatic heterocycles.